The van der Waals surface area contributed by atoms with Crippen LogP contribution in [0.4, 0.5) is 0 Å². The third kappa shape index (κ3) is 6.27. The number of hydrogen-bond acceptors (Lipinski definition) is 3. The zero-order valence-corrected chi connectivity index (χ0v) is 18.4. The van der Waals surface area contributed by atoms with Crippen LogP contribution in [0.2, 0.25) is 0 Å². The Bertz CT molecular complexity index is 673. The molecule has 0 amide bonds. The molecule has 0 aliphatic heterocycles. The van der Waals surface area contributed by atoms with Crippen LogP contribution in [0.3, 0.4) is 0 Å². The molecule has 0 radical (unpaired) electrons. The highest BCUT2D eigenvalue weighted by Crippen LogP contribution is 2.45. The van der Waals surface area contributed by atoms with Crippen LogP contribution < -0.4 is 5.73 Å². The van der Waals surface area contributed by atoms with Crippen LogP contribution in [0, 0.1) is 11.3 Å². The van der Waals surface area contributed by atoms with Crippen molar-refractivity contribution in [1.29, 1.82) is 0 Å². The number of Topliss-reactive ketones (excluding diaryl/α,β-unsaturated/α-hetero) is 2. The molecule has 2 N–H and O–H groups in total. The minimum absolute atomic E-state index is 0.00812. The predicted molar refractivity (Wildman–Crippen MR) is 116 cm³/mol. The van der Waals surface area contributed by atoms with E-state index in [-0.39, 0.29) is 28.8 Å². The maximum absolute atomic E-state index is 12.5. The van der Waals surface area contributed by atoms with Crippen molar-refractivity contribution in [2.24, 2.45) is 17.1 Å². The molecule has 2 rings (SSSR count). The van der Waals surface area contributed by atoms with Gasteiger partial charge in [-0.3, -0.25) is 9.59 Å². The molecular weight excluding hydrogens is 346 g/mol. The highest BCUT2D eigenvalue weighted by molar-refractivity contribution is 5.98. The van der Waals surface area contributed by atoms with E-state index >= 15 is 0 Å². The van der Waals surface area contributed by atoms with Crippen molar-refractivity contribution >= 4 is 11.6 Å². The van der Waals surface area contributed by atoms with E-state index in [1.807, 2.05) is 0 Å². The number of carbonyl (C=O) groups is 2. The molecule has 3 heteroatoms. The highest BCUT2D eigenvalue weighted by atomic mass is 16.1. The largest absolute Gasteiger partial charge is 0.330 e. The van der Waals surface area contributed by atoms with Crippen LogP contribution in [-0.4, -0.2) is 18.1 Å². The van der Waals surface area contributed by atoms with Gasteiger partial charge in [-0.25, -0.2) is 0 Å². The summed E-state index contributed by atoms with van der Waals surface area (Å²) < 4.78 is 0. The Balaban J connectivity index is 2.12. The number of rotatable bonds is 11. The summed E-state index contributed by atoms with van der Waals surface area (Å²) in [4.78, 5) is 23.9. The Morgan fingerprint density at radius 2 is 1.79 bits per heavy atom. The lowest BCUT2D eigenvalue weighted by molar-refractivity contribution is -0.127. The lowest BCUT2D eigenvalue weighted by atomic mass is 9.68. The Hall–Kier alpha value is -1.48. The molecule has 0 heterocycles. The summed E-state index contributed by atoms with van der Waals surface area (Å²) >= 11 is 0. The van der Waals surface area contributed by atoms with Crippen molar-refractivity contribution in [3.8, 4) is 0 Å². The summed E-state index contributed by atoms with van der Waals surface area (Å²) in [7, 11) is 0. The van der Waals surface area contributed by atoms with Gasteiger partial charge in [0.05, 0.1) is 6.42 Å². The minimum Gasteiger partial charge on any atom is -0.330 e. The van der Waals surface area contributed by atoms with Crippen LogP contribution in [0.1, 0.15) is 90.2 Å². The molecule has 1 aliphatic rings. The molecule has 0 bridgehead atoms. The van der Waals surface area contributed by atoms with Crippen LogP contribution >= 0.6 is 0 Å². The lowest BCUT2D eigenvalue weighted by Gasteiger charge is -2.36. The Kier molecular flexibility index (Phi) is 8.00. The standard InChI is InChI=1S/C25H39NO2/c1-19(27)16-23(28)18-25(4,21-9-5-6-10-21)13-12-20-8-7-11-22(17-20)24(2,3)14-15-26/h7-8,11,17,21H,5-6,9-10,12-16,18,26H2,1-4H3. The van der Waals surface area contributed by atoms with Crippen molar-refractivity contribution in [1.82, 2.24) is 0 Å². The first kappa shape index (κ1) is 22.8. The van der Waals surface area contributed by atoms with E-state index in [4.69, 9.17) is 5.73 Å². The highest BCUT2D eigenvalue weighted by Gasteiger charge is 2.37. The molecule has 1 aromatic carbocycles. The summed E-state index contributed by atoms with van der Waals surface area (Å²) in [5.74, 6) is 0.689. The maximum Gasteiger partial charge on any atom is 0.140 e. The molecule has 28 heavy (non-hydrogen) atoms. The molecule has 1 unspecified atom stereocenters. The predicted octanol–water partition coefficient (Wildman–Crippen LogP) is 5.38. The van der Waals surface area contributed by atoms with Crippen molar-refractivity contribution in [3.63, 3.8) is 0 Å². The van der Waals surface area contributed by atoms with E-state index in [1.165, 1.54) is 43.7 Å². The second-order valence-electron chi connectivity index (χ2n) is 9.85. The molecule has 0 spiro atoms. The van der Waals surface area contributed by atoms with Gasteiger partial charge in [0, 0.05) is 6.42 Å². The van der Waals surface area contributed by atoms with Crippen LogP contribution in [0.15, 0.2) is 24.3 Å². The maximum atomic E-state index is 12.5. The SMILES string of the molecule is CC(=O)CC(=O)CC(C)(CCc1cccc(C(C)(C)CCN)c1)C1CCCC1. The second kappa shape index (κ2) is 9.82. The van der Waals surface area contributed by atoms with Gasteiger partial charge in [-0.05, 0) is 73.4 Å². The fraction of sp³-hybridized carbons (Fsp3) is 0.680. The molecule has 1 saturated carbocycles. The summed E-state index contributed by atoms with van der Waals surface area (Å²) in [5, 5.41) is 0. The third-order valence-corrected chi connectivity index (χ3v) is 6.85. The summed E-state index contributed by atoms with van der Waals surface area (Å²) in [6.45, 7) is 8.99. The van der Waals surface area contributed by atoms with Gasteiger partial charge in [0.15, 0.2) is 0 Å². The number of carbonyl (C=O) groups excluding carboxylic acids is 2. The number of hydrogen-bond donors (Lipinski definition) is 1. The average molecular weight is 386 g/mol. The van der Waals surface area contributed by atoms with Crippen molar-refractivity contribution < 1.29 is 9.59 Å². The van der Waals surface area contributed by atoms with Crippen molar-refractivity contribution in [2.45, 2.75) is 90.9 Å². The van der Waals surface area contributed by atoms with Gasteiger partial charge in [0.2, 0.25) is 0 Å². The topological polar surface area (TPSA) is 60.2 Å². The van der Waals surface area contributed by atoms with Crippen LogP contribution in [0.25, 0.3) is 0 Å². The smallest absolute Gasteiger partial charge is 0.140 e. The van der Waals surface area contributed by atoms with E-state index in [0.717, 1.165) is 19.3 Å². The number of aryl methyl sites for hydroxylation is 1. The molecule has 1 fully saturated rings. The van der Waals surface area contributed by atoms with E-state index in [0.29, 0.717) is 18.9 Å². The molecule has 1 aliphatic carbocycles. The van der Waals surface area contributed by atoms with Gasteiger partial charge in [0.25, 0.3) is 0 Å². The van der Waals surface area contributed by atoms with Crippen LogP contribution in [-0.2, 0) is 21.4 Å². The number of nitrogens with two attached hydrogens (primary N) is 1. The van der Waals surface area contributed by atoms with E-state index in [9.17, 15) is 9.59 Å². The van der Waals surface area contributed by atoms with Crippen LogP contribution in [0.5, 0.6) is 0 Å². The number of benzene rings is 1. The lowest BCUT2D eigenvalue weighted by Crippen LogP contribution is -2.30. The third-order valence-electron chi connectivity index (χ3n) is 6.85. The van der Waals surface area contributed by atoms with Gasteiger partial charge in [0.1, 0.15) is 11.6 Å². The monoisotopic (exact) mass is 385 g/mol. The molecule has 0 aromatic heterocycles. The number of ketones is 2. The fourth-order valence-corrected chi connectivity index (χ4v) is 4.93. The quantitative estimate of drug-likeness (QED) is 0.520. The van der Waals surface area contributed by atoms with Gasteiger partial charge < -0.3 is 5.73 Å². The first-order valence-electron chi connectivity index (χ1n) is 11.0. The zero-order valence-electron chi connectivity index (χ0n) is 18.4. The Labute approximate surface area is 171 Å². The average Bonchev–Trinajstić information content (AvgIpc) is 3.15. The Morgan fingerprint density at radius 3 is 2.39 bits per heavy atom. The fourth-order valence-electron chi connectivity index (χ4n) is 4.93. The van der Waals surface area contributed by atoms with Gasteiger partial charge in [-0.15, -0.1) is 0 Å². The van der Waals surface area contributed by atoms with E-state index < -0.39 is 0 Å². The zero-order chi connectivity index (χ0) is 20.8. The first-order valence-corrected chi connectivity index (χ1v) is 11.0. The molecule has 156 valence electrons. The van der Waals surface area contributed by atoms with E-state index in [1.54, 1.807) is 0 Å². The summed E-state index contributed by atoms with van der Waals surface area (Å²) in [6.07, 6.45) is 8.54. The molecule has 1 aromatic rings. The molecule has 1 atom stereocenters. The second-order valence-corrected chi connectivity index (χ2v) is 9.85. The molecular formula is C25H39NO2. The van der Waals surface area contributed by atoms with Gasteiger partial charge >= 0.3 is 0 Å². The summed E-state index contributed by atoms with van der Waals surface area (Å²) in [5.41, 5.74) is 8.55. The van der Waals surface area contributed by atoms with Gasteiger partial charge in [-0.2, -0.15) is 0 Å². The first-order chi connectivity index (χ1) is 13.2. The van der Waals surface area contributed by atoms with Crippen molar-refractivity contribution in [2.75, 3.05) is 6.54 Å². The van der Waals surface area contributed by atoms with E-state index in [2.05, 4.69) is 45.0 Å². The van der Waals surface area contributed by atoms with Gasteiger partial charge in [-0.1, -0.05) is 57.9 Å². The normalized spacial score (nSPS) is 17.5. The Morgan fingerprint density at radius 1 is 1.11 bits per heavy atom. The summed E-state index contributed by atoms with van der Waals surface area (Å²) in [6, 6.07) is 8.87. The molecule has 3 nitrogen and oxygen atoms in total. The van der Waals surface area contributed by atoms with Crippen molar-refractivity contribution in [3.05, 3.63) is 35.4 Å². The molecule has 0 saturated heterocycles. The minimum atomic E-state index is -0.0198.